The minimum absolute atomic E-state index is 0.360. The van der Waals surface area contributed by atoms with E-state index in [1.54, 1.807) is 6.20 Å². The average molecular weight is 252 g/mol. The van der Waals surface area contributed by atoms with Crippen molar-refractivity contribution < 1.29 is 20.1 Å². The van der Waals surface area contributed by atoms with E-state index in [2.05, 4.69) is 15.0 Å². The fourth-order valence-electron chi connectivity index (χ4n) is 2.02. The Hall–Kier alpha value is -1.61. The van der Waals surface area contributed by atoms with Crippen molar-refractivity contribution in [1.29, 1.82) is 0 Å². The van der Waals surface area contributed by atoms with Gasteiger partial charge in [0.15, 0.2) is 12.1 Å². The summed E-state index contributed by atoms with van der Waals surface area (Å²) in [5.41, 5.74) is 0.565. The zero-order valence-electron chi connectivity index (χ0n) is 9.29. The van der Waals surface area contributed by atoms with Gasteiger partial charge in [0.2, 0.25) is 0 Å². The Bertz CT molecular complexity index is 519. The molecule has 0 spiro atoms. The second kappa shape index (κ2) is 4.25. The van der Waals surface area contributed by atoms with Crippen molar-refractivity contribution in [2.45, 2.75) is 24.5 Å². The molecule has 8 nitrogen and oxygen atoms in total. The summed E-state index contributed by atoms with van der Waals surface area (Å²) < 4.78 is 6.87. The first kappa shape index (κ1) is 11.5. The predicted octanol–water partition coefficient (Wildman–Crippen LogP) is -1.61. The second-order valence-electron chi connectivity index (χ2n) is 4.13. The van der Waals surface area contributed by atoms with Crippen LogP contribution in [0.4, 0.5) is 0 Å². The molecular weight excluding hydrogens is 240 g/mol. The molecule has 0 aliphatic carbocycles. The van der Waals surface area contributed by atoms with Crippen LogP contribution in [0.1, 0.15) is 6.23 Å². The number of imidazole rings is 1. The normalized spacial score (nSPS) is 32.2. The number of hydrogen-bond acceptors (Lipinski definition) is 7. The van der Waals surface area contributed by atoms with Crippen LogP contribution in [0.25, 0.3) is 11.5 Å². The Morgan fingerprint density at radius 3 is 2.78 bits per heavy atom. The monoisotopic (exact) mass is 252 g/mol. The minimum Gasteiger partial charge on any atom is -0.394 e. The van der Waals surface area contributed by atoms with Crippen molar-refractivity contribution in [2.75, 3.05) is 6.61 Å². The lowest BCUT2D eigenvalue weighted by Gasteiger charge is -2.18. The van der Waals surface area contributed by atoms with Crippen LogP contribution < -0.4 is 0 Å². The molecule has 18 heavy (non-hydrogen) atoms. The highest BCUT2D eigenvalue weighted by molar-refractivity contribution is 5.47. The van der Waals surface area contributed by atoms with Gasteiger partial charge in [-0.3, -0.25) is 0 Å². The molecule has 0 aromatic carbocycles. The maximum atomic E-state index is 9.86. The summed E-state index contributed by atoms with van der Waals surface area (Å²) in [6.45, 7) is -0.360. The summed E-state index contributed by atoms with van der Waals surface area (Å²) in [5, 5.41) is 28.5. The number of aromatic nitrogens is 4. The van der Waals surface area contributed by atoms with E-state index in [4.69, 9.17) is 9.84 Å². The lowest BCUT2D eigenvalue weighted by molar-refractivity contribution is -0.0534. The molecule has 0 aromatic rings. The van der Waals surface area contributed by atoms with Gasteiger partial charge in [0.05, 0.1) is 12.9 Å². The van der Waals surface area contributed by atoms with Gasteiger partial charge in [0.25, 0.3) is 0 Å². The van der Waals surface area contributed by atoms with Crippen molar-refractivity contribution in [3.63, 3.8) is 0 Å². The molecule has 0 saturated carbocycles. The van der Waals surface area contributed by atoms with Crippen molar-refractivity contribution >= 4 is 0 Å². The van der Waals surface area contributed by atoms with Crippen LogP contribution in [0.3, 0.4) is 0 Å². The van der Waals surface area contributed by atoms with Gasteiger partial charge in [-0.1, -0.05) is 0 Å². The highest BCUT2D eigenvalue weighted by Crippen LogP contribution is 2.29. The molecule has 3 N–H and O–H groups in total. The number of rotatable bonds is 2. The van der Waals surface area contributed by atoms with Crippen LogP contribution in [0.2, 0.25) is 0 Å². The lowest BCUT2D eigenvalue weighted by atomic mass is 10.1. The number of aliphatic hydroxyl groups is 3. The third-order valence-electron chi connectivity index (χ3n) is 3.00. The summed E-state index contributed by atoms with van der Waals surface area (Å²) in [7, 11) is 0. The van der Waals surface area contributed by atoms with E-state index in [0.29, 0.717) is 11.5 Å². The minimum atomic E-state index is -1.13. The molecule has 1 fully saturated rings. The van der Waals surface area contributed by atoms with Crippen molar-refractivity contribution in [1.82, 2.24) is 19.5 Å². The molecule has 3 aliphatic rings. The molecule has 0 aromatic heterocycles. The Labute approximate surface area is 102 Å². The average Bonchev–Trinajstić information content (AvgIpc) is 2.95. The third-order valence-corrected chi connectivity index (χ3v) is 3.00. The standard InChI is InChI=1S/C10H12N4O4/c15-2-6-7(16)8(17)10(18-6)14-1-5-9(13-4-14)12-3-11-5/h1,3-4,6-8,10,15-17H,2H2/t6-,7-,8-,10-/m1/s1. The van der Waals surface area contributed by atoms with Crippen LogP contribution in [-0.2, 0) is 4.74 Å². The van der Waals surface area contributed by atoms with E-state index in [0.717, 1.165) is 0 Å². The van der Waals surface area contributed by atoms with E-state index in [9.17, 15) is 10.2 Å². The Morgan fingerprint density at radius 2 is 2.06 bits per heavy atom. The first-order valence-corrected chi connectivity index (χ1v) is 5.47. The Morgan fingerprint density at radius 1 is 1.22 bits per heavy atom. The van der Waals surface area contributed by atoms with Crippen LogP contribution >= 0.6 is 0 Å². The highest BCUT2D eigenvalue weighted by Gasteiger charge is 2.43. The Balaban J connectivity index is 1.93. The molecule has 4 atom stereocenters. The fraction of sp³-hybridized carbons (Fsp3) is 0.500. The van der Waals surface area contributed by atoms with Crippen LogP contribution in [0.5, 0.6) is 0 Å². The smallest absolute Gasteiger partial charge is 0.182 e. The summed E-state index contributed by atoms with van der Waals surface area (Å²) in [5.74, 6) is 0.498. The first-order chi connectivity index (χ1) is 8.70. The largest absolute Gasteiger partial charge is 0.394 e. The maximum absolute atomic E-state index is 9.86. The molecule has 0 bridgehead atoms. The number of aliphatic hydroxyl groups excluding tert-OH is 3. The highest BCUT2D eigenvalue weighted by atomic mass is 16.6. The molecule has 1 saturated heterocycles. The van der Waals surface area contributed by atoms with E-state index in [1.807, 2.05) is 0 Å². The van der Waals surface area contributed by atoms with Crippen LogP contribution in [0.15, 0.2) is 18.9 Å². The van der Waals surface area contributed by atoms with Gasteiger partial charge in [0.1, 0.15) is 30.3 Å². The maximum Gasteiger partial charge on any atom is 0.182 e. The summed E-state index contributed by atoms with van der Waals surface area (Å²) in [6, 6.07) is 0. The zero-order valence-corrected chi connectivity index (χ0v) is 9.29. The SMILES string of the molecule is OC[C@H]1O[C@@H](n2cnc3ncnc-3c2)[C@H](O)[C@@H]1O. The number of ether oxygens (including phenoxy) is 1. The number of hydrogen-bond donors (Lipinski definition) is 3. The number of fused-ring (bicyclic) bond motifs is 1. The van der Waals surface area contributed by atoms with E-state index in [1.165, 1.54) is 17.2 Å². The second-order valence-corrected chi connectivity index (χ2v) is 4.13. The van der Waals surface area contributed by atoms with E-state index < -0.39 is 24.5 Å². The van der Waals surface area contributed by atoms with Gasteiger partial charge < -0.3 is 24.6 Å². The third kappa shape index (κ3) is 1.66. The van der Waals surface area contributed by atoms with Gasteiger partial charge in [-0.05, 0) is 0 Å². The van der Waals surface area contributed by atoms with Gasteiger partial charge in [-0.2, -0.15) is 0 Å². The van der Waals surface area contributed by atoms with Gasteiger partial charge in [-0.15, -0.1) is 0 Å². The van der Waals surface area contributed by atoms with Crippen LogP contribution in [0, 0.1) is 0 Å². The molecule has 96 valence electrons. The molecule has 0 unspecified atom stereocenters. The lowest BCUT2D eigenvalue weighted by Crippen LogP contribution is -2.33. The topological polar surface area (TPSA) is 114 Å². The van der Waals surface area contributed by atoms with E-state index >= 15 is 0 Å². The first-order valence-electron chi connectivity index (χ1n) is 5.47. The van der Waals surface area contributed by atoms with Crippen molar-refractivity contribution in [2.24, 2.45) is 0 Å². The Kier molecular flexibility index (Phi) is 2.71. The molecule has 0 amide bonds. The van der Waals surface area contributed by atoms with E-state index in [-0.39, 0.29) is 6.61 Å². The molecule has 8 heteroatoms. The summed E-state index contributed by atoms with van der Waals surface area (Å²) in [4.78, 5) is 12.0. The van der Waals surface area contributed by atoms with Crippen molar-refractivity contribution in [3.05, 3.63) is 18.9 Å². The van der Waals surface area contributed by atoms with Gasteiger partial charge in [0, 0.05) is 6.20 Å². The van der Waals surface area contributed by atoms with Gasteiger partial charge in [-0.25, -0.2) is 15.0 Å². The summed E-state index contributed by atoms with van der Waals surface area (Å²) >= 11 is 0. The molecular formula is C10H12N4O4. The summed E-state index contributed by atoms with van der Waals surface area (Å²) in [6.07, 6.45) is 0.583. The zero-order chi connectivity index (χ0) is 12.7. The molecule has 3 rings (SSSR count). The molecule has 3 heterocycles. The van der Waals surface area contributed by atoms with Crippen molar-refractivity contribution in [3.8, 4) is 11.5 Å². The predicted molar refractivity (Wildman–Crippen MR) is 57.4 cm³/mol. The number of nitrogens with zero attached hydrogens (tertiary/aromatic N) is 4. The molecule has 0 radical (unpaired) electrons. The fourth-order valence-corrected chi connectivity index (χ4v) is 2.02. The quantitative estimate of drug-likeness (QED) is 0.589. The molecule has 3 aliphatic heterocycles. The van der Waals surface area contributed by atoms with Crippen LogP contribution in [-0.4, -0.2) is 59.8 Å². The van der Waals surface area contributed by atoms with Gasteiger partial charge >= 0.3 is 0 Å².